The zero-order chi connectivity index (χ0) is 5.70. The minimum Gasteiger partial charge on any atom is -0.481 e. The van der Waals surface area contributed by atoms with Gasteiger partial charge in [0, 0.05) is 6.42 Å². The molecule has 40 valence electrons. The maximum atomic E-state index is 9.73. The van der Waals surface area contributed by atoms with E-state index in [1.165, 1.54) is 0 Å². The normalized spacial score (nSPS) is 8.71. The topological polar surface area (TPSA) is 37.3 Å². The van der Waals surface area contributed by atoms with E-state index in [2.05, 4.69) is 12.1 Å². The maximum absolute atomic E-state index is 9.73. The Morgan fingerprint density at radius 1 is 1.86 bits per heavy atom. The summed E-state index contributed by atoms with van der Waals surface area (Å²) in [6.45, 7) is 0. The van der Waals surface area contributed by atoms with Gasteiger partial charge in [-0.05, 0) is 6.04 Å². The summed E-state index contributed by atoms with van der Waals surface area (Å²) in [4.78, 5) is 9.73. The van der Waals surface area contributed by atoms with Gasteiger partial charge < -0.3 is 5.11 Å². The lowest BCUT2D eigenvalue weighted by molar-refractivity contribution is -0.136. The minimum atomic E-state index is -0.735. The Bertz CT molecular complexity index is 66.0. The maximum Gasteiger partial charge on any atom is 0.303 e. The summed E-state index contributed by atoms with van der Waals surface area (Å²) in [6, 6.07) is 0.693. The fraction of sp³-hybridized carbons (Fsp3) is 0.667. The first-order valence-electron chi connectivity index (χ1n) is 1.86. The van der Waals surface area contributed by atoms with Crippen molar-refractivity contribution in [3.8, 4) is 0 Å². The first-order valence-corrected chi connectivity index (χ1v) is 4.35. The van der Waals surface area contributed by atoms with Crippen molar-refractivity contribution in [2.75, 3.05) is 0 Å². The van der Waals surface area contributed by atoms with Gasteiger partial charge in [-0.2, -0.15) is 0 Å². The van der Waals surface area contributed by atoms with E-state index < -0.39 is 5.97 Å². The van der Waals surface area contributed by atoms with Gasteiger partial charge in [0.2, 0.25) is 0 Å². The first-order chi connectivity index (χ1) is 3.27. The van der Waals surface area contributed by atoms with E-state index in [0.717, 1.165) is 0 Å². The zero-order valence-corrected chi connectivity index (χ0v) is 5.61. The number of carboxylic acids is 1. The predicted molar refractivity (Wildman–Crippen MR) is 31.8 cm³/mol. The average molecular weight is 134 g/mol. The Hall–Kier alpha value is 0.0369. The Morgan fingerprint density at radius 3 is 2.57 bits per heavy atom. The van der Waals surface area contributed by atoms with Gasteiger partial charge in [-0.15, -0.1) is 0 Å². The number of carboxylic acid groups (broad SMARTS) is 1. The van der Waals surface area contributed by atoms with Crippen LogP contribution in [0.3, 0.4) is 0 Å². The lowest BCUT2D eigenvalue weighted by atomic mass is 10.5. The molecule has 0 rings (SSSR count). The standard InChI is InChI=1S/C3H6O2SSi/c4-3(5)1-2-7-6/h6H,1-2H2,(H,4,5). The van der Waals surface area contributed by atoms with E-state index in [0.29, 0.717) is 14.7 Å². The van der Waals surface area contributed by atoms with Crippen LogP contribution in [0.5, 0.6) is 0 Å². The molecule has 0 saturated carbocycles. The second-order valence-electron chi connectivity index (χ2n) is 1.05. The molecule has 0 aromatic rings. The molecule has 0 aliphatic rings. The van der Waals surface area contributed by atoms with Gasteiger partial charge in [0.15, 0.2) is 0 Å². The van der Waals surface area contributed by atoms with Gasteiger partial charge in [-0.1, -0.05) is 0 Å². The minimum absolute atomic E-state index is 0.252. The Morgan fingerprint density at radius 2 is 2.43 bits per heavy atom. The SMILES string of the molecule is O=C(O)CC[Si]S. The fourth-order valence-corrected chi connectivity index (χ4v) is 0.824. The molecule has 0 atom stereocenters. The van der Waals surface area contributed by atoms with E-state index in [-0.39, 0.29) is 6.42 Å². The van der Waals surface area contributed by atoms with Gasteiger partial charge in [0.05, 0.1) is 0 Å². The van der Waals surface area contributed by atoms with E-state index >= 15 is 0 Å². The van der Waals surface area contributed by atoms with E-state index in [1.54, 1.807) is 0 Å². The van der Waals surface area contributed by atoms with Crippen LogP contribution in [0.25, 0.3) is 0 Å². The van der Waals surface area contributed by atoms with Crippen molar-refractivity contribution in [3.63, 3.8) is 0 Å². The van der Waals surface area contributed by atoms with Crippen LogP contribution in [0.4, 0.5) is 0 Å². The van der Waals surface area contributed by atoms with Crippen LogP contribution < -0.4 is 0 Å². The third-order valence-corrected chi connectivity index (χ3v) is 1.60. The molecule has 0 aliphatic heterocycles. The summed E-state index contributed by atoms with van der Waals surface area (Å²) in [5.74, 6) is -0.735. The number of carbonyl (C=O) groups is 1. The van der Waals surface area contributed by atoms with Crippen molar-refractivity contribution in [3.05, 3.63) is 0 Å². The highest BCUT2D eigenvalue weighted by molar-refractivity contribution is 8.06. The molecule has 0 bridgehead atoms. The molecule has 0 aromatic heterocycles. The van der Waals surface area contributed by atoms with Crippen LogP contribution in [0, 0.1) is 0 Å². The molecule has 0 fully saturated rings. The smallest absolute Gasteiger partial charge is 0.303 e. The number of aliphatic carboxylic acids is 1. The van der Waals surface area contributed by atoms with Crippen LogP contribution in [-0.4, -0.2) is 19.7 Å². The molecule has 4 heteroatoms. The number of hydrogen-bond donors (Lipinski definition) is 2. The third-order valence-electron chi connectivity index (χ3n) is 0.451. The van der Waals surface area contributed by atoms with Crippen molar-refractivity contribution >= 4 is 26.7 Å². The van der Waals surface area contributed by atoms with Crippen molar-refractivity contribution in [2.45, 2.75) is 12.5 Å². The van der Waals surface area contributed by atoms with E-state index in [4.69, 9.17) is 5.11 Å². The summed E-state index contributed by atoms with van der Waals surface area (Å²) in [5.41, 5.74) is 0. The van der Waals surface area contributed by atoms with Crippen molar-refractivity contribution < 1.29 is 9.90 Å². The van der Waals surface area contributed by atoms with Gasteiger partial charge in [0.25, 0.3) is 0 Å². The van der Waals surface area contributed by atoms with Crippen molar-refractivity contribution in [1.29, 1.82) is 0 Å². The summed E-state index contributed by atoms with van der Waals surface area (Å²) < 4.78 is 0. The molecular formula is C3H6O2SSi. The number of thiol groups is 1. The summed E-state index contributed by atoms with van der Waals surface area (Å²) >= 11 is 3.86. The number of rotatable bonds is 3. The Balaban J connectivity index is 2.82. The van der Waals surface area contributed by atoms with Gasteiger partial charge in [-0.25, -0.2) is 12.1 Å². The average Bonchev–Trinajstić information content (AvgIpc) is 1.61. The quantitative estimate of drug-likeness (QED) is 0.434. The van der Waals surface area contributed by atoms with Gasteiger partial charge in [0.1, 0.15) is 8.67 Å². The van der Waals surface area contributed by atoms with Crippen LogP contribution in [0.1, 0.15) is 6.42 Å². The van der Waals surface area contributed by atoms with Gasteiger partial charge >= 0.3 is 5.97 Å². The zero-order valence-electron chi connectivity index (χ0n) is 3.72. The van der Waals surface area contributed by atoms with Crippen LogP contribution in [-0.2, 0) is 4.79 Å². The molecule has 0 aromatic carbocycles. The molecule has 0 amide bonds. The molecular weight excluding hydrogens is 128 g/mol. The number of hydrogen-bond acceptors (Lipinski definition) is 2. The van der Waals surface area contributed by atoms with Crippen molar-refractivity contribution in [2.24, 2.45) is 0 Å². The Kier molecular flexibility index (Phi) is 4.22. The molecule has 0 heterocycles. The highest BCUT2D eigenvalue weighted by Gasteiger charge is 1.92. The predicted octanol–water partition coefficient (Wildman–Crippen LogP) is 0.428. The van der Waals surface area contributed by atoms with E-state index in [1.807, 2.05) is 0 Å². The fourth-order valence-electron chi connectivity index (χ4n) is 0.163. The molecule has 7 heavy (non-hydrogen) atoms. The van der Waals surface area contributed by atoms with Crippen LogP contribution >= 0.6 is 12.1 Å². The first kappa shape index (κ1) is 7.04. The van der Waals surface area contributed by atoms with E-state index in [9.17, 15) is 4.79 Å². The molecule has 0 spiro atoms. The second-order valence-corrected chi connectivity index (χ2v) is 2.82. The molecule has 2 radical (unpaired) electrons. The van der Waals surface area contributed by atoms with Crippen LogP contribution in [0.15, 0.2) is 0 Å². The molecule has 2 nitrogen and oxygen atoms in total. The molecule has 1 N–H and O–H groups in total. The molecule has 0 aliphatic carbocycles. The second kappa shape index (κ2) is 4.20. The monoisotopic (exact) mass is 134 g/mol. The van der Waals surface area contributed by atoms with Gasteiger partial charge in [-0.3, -0.25) is 4.79 Å². The summed E-state index contributed by atoms with van der Waals surface area (Å²) in [7, 11) is 0.464. The summed E-state index contributed by atoms with van der Waals surface area (Å²) in [6.07, 6.45) is 0.252. The van der Waals surface area contributed by atoms with Crippen molar-refractivity contribution in [1.82, 2.24) is 0 Å². The molecule has 0 unspecified atom stereocenters. The molecule has 0 saturated heterocycles. The highest BCUT2D eigenvalue weighted by atomic mass is 32.3. The third kappa shape index (κ3) is 6.04. The largest absolute Gasteiger partial charge is 0.481 e. The Labute approximate surface area is 49.8 Å². The van der Waals surface area contributed by atoms with Crippen LogP contribution in [0.2, 0.25) is 6.04 Å². The lowest BCUT2D eigenvalue weighted by Crippen LogP contribution is -1.93. The highest BCUT2D eigenvalue weighted by Crippen LogP contribution is 1.88. The summed E-state index contributed by atoms with van der Waals surface area (Å²) in [5, 5.41) is 8.02. The lowest BCUT2D eigenvalue weighted by Gasteiger charge is -1.83.